The minimum absolute atomic E-state index is 0. The summed E-state index contributed by atoms with van der Waals surface area (Å²) in [6.45, 7) is 3.20. The molecule has 7 heteroatoms. The van der Waals surface area contributed by atoms with Crippen LogP contribution in [0.3, 0.4) is 0 Å². The molecule has 0 amide bonds. The first-order chi connectivity index (χ1) is 8.35. The summed E-state index contributed by atoms with van der Waals surface area (Å²) in [5.41, 5.74) is 0.912. The standard InChI is InChI=1S/C12H18FN3O.2ClH/c1-17-12-3-2-10(9-15-12)11(8-13)16-6-4-14-5-7-16;;/h2-3,9,11,14H,4-8H2,1H3;2*1H/t11-;;/m0../s1. The fourth-order valence-electron chi connectivity index (χ4n) is 2.10. The Hall–Kier alpha value is -0.620. The molecule has 1 aliphatic heterocycles. The van der Waals surface area contributed by atoms with Crippen molar-refractivity contribution in [1.29, 1.82) is 0 Å². The van der Waals surface area contributed by atoms with Gasteiger partial charge in [-0.1, -0.05) is 6.07 Å². The molecular formula is C12H20Cl2FN3O. The number of ether oxygens (including phenoxy) is 1. The van der Waals surface area contributed by atoms with E-state index in [-0.39, 0.29) is 37.5 Å². The number of halogens is 3. The number of aromatic nitrogens is 1. The quantitative estimate of drug-likeness (QED) is 0.921. The van der Waals surface area contributed by atoms with Crippen molar-refractivity contribution >= 4 is 24.8 Å². The van der Waals surface area contributed by atoms with Crippen LogP contribution in [-0.2, 0) is 0 Å². The van der Waals surface area contributed by atoms with Crippen LogP contribution in [0, 0.1) is 0 Å². The van der Waals surface area contributed by atoms with E-state index in [1.165, 1.54) is 0 Å². The molecule has 1 N–H and O–H groups in total. The Kier molecular flexibility index (Phi) is 9.01. The van der Waals surface area contributed by atoms with Crippen molar-refractivity contribution < 1.29 is 9.13 Å². The van der Waals surface area contributed by atoms with Crippen molar-refractivity contribution in [3.63, 3.8) is 0 Å². The molecule has 2 rings (SSSR count). The fourth-order valence-corrected chi connectivity index (χ4v) is 2.10. The summed E-state index contributed by atoms with van der Waals surface area (Å²) in [6.07, 6.45) is 1.70. The van der Waals surface area contributed by atoms with Gasteiger partial charge >= 0.3 is 0 Å². The number of pyridine rings is 1. The van der Waals surface area contributed by atoms with Crippen LogP contribution >= 0.6 is 24.8 Å². The van der Waals surface area contributed by atoms with Crippen LogP contribution in [0.2, 0.25) is 0 Å². The third kappa shape index (κ3) is 4.76. The molecule has 0 saturated carbocycles. The van der Waals surface area contributed by atoms with E-state index in [1.807, 2.05) is 6.07 Å². The lowest BCUT2D eigenvalue weighted by Crippen LogP contribution is -2.45. The second-order valence-electron chi connectivity index (χ2n) is 4.09. The normalized spacial score (nSPS) is 16.9. The third-order valence-corrected chi connectivity index (χ3v) is 3.09. The SMILES string of the molecule is COc1ccc([C@H](CF)N2CCNCC2)cn1.Cl.Cl. The van der Waals surface area contributed by atoms with Gasteiger partial charge in [0.05, 0.1) is 13.2 Å². The zero-order chi connectivity index (χ0) is 12.1. The summed E-state index contributed by atoms with van der Waals surface area (Å²) >= 11 is 0. The average Bonchev–Trinajstić information content (AvgIpc) is 2.42. The van der Waals surface area contributed by atoms with E-state index in [9.17, 15) is 4.39 Å². The number of hydrogen-bond acceptors (Lipinski definition) is 4. The molecule has 1 saturated heterocycles. The van der Waals surface area contributed by atoms with Gasteiger partial charge in [0.15, 0.2) is 0 Å². The van der Waals surface area contributed by atoms with Gasteiger partial charge < -0.3 is 10.1 Å². The van der Waals surface area contributed by atoms with Crippen LogP contribution in [0.5, 0.6) is 5.88 Å². The largest absolute Gasteiger partial charge is 0.481 e. The number of alkyl halides is 1. The molecule has 1 atom stereocenters. The summed E-state index contributed by atoms with van der Waals surface area (Å²) in [6, 6.07) is 3.48. The van der Waals surface area contributed by atoms with E-state index in [2.05, 4.69) is 15.2 Å². The lowest BCUT2D eigenvalue weighted by atomic mass is 10.1. The highest BCUT2D eigenvalue weighted by atomic mass is 35.5. The smallest absolute Gasteiger partial charge is 0.212 e. The Morgan fingerprint density at radius 3 is 2.53 bits per heavy atom. The average molecular weight is 312 g/mol. The van der Waals surface area contributed by atoms with Gasteiger partial charge in [0.2, 0.25) is 5.88 Å². The lowest BCUT2D eigenvalue weighted by molar-refractivity contribution is 0.147. The second-order valence-corrected chi connectivity index (χ2v) is 4.09. The molecule has 0 aliphatic carbocycles. The zero-order valence-corrected chi connectivity index (χ0v) is 12.5. The molecular weight excluding hydrogens is 292 g/mol. The highest BCUT2D eigenvalue weighted by molar-refractivity contribution is 5.85. The molecule has 0 aromatic carbocycles. The minimum Gasteiger partial charge on any atom is -0.481 e. The maximum atomic E-state index is 13.2. The van der Waals surface area contributed by atoms with Crippen LogP contribution in [-0.4, -0.2) is 49.8 Å². The van der Waals surface area contributed by atoms with Crippen LogP contribution in [0.25, 0.3) is 0 Å². The van der Waals surface area contributed by atoms with E-state index >= 15 is 0 Å². The maximum absolute atomic E-state index is 13.2. The highest BCUT2D eigenvalue weighted by Crippen LogP contribution is 2.22. The maximum Gasteiger partial charge on any atom is 0.212 e. The molecule has 0 radical (unpaired) electrons. The van der Waals surface area contributed by atoms with Gasteiger partial charge in [-0.3, -0.25) is 4.90 Å². The van der Waals surface area contributed by atoms with Gasteiger partial charge in [-0.15, -0.1) is 24.8 Å². The third-order valence-electron chi connectivity index (χ3n) is 3.09. The van der Waals surface area contributed by atoms with Crippen molar-refractivity contribution in [2.45, 2.75) is 6.04 Å². The van der Waals surface area contributed by atoms with Crippen molar-refractivity contribution in [1.82, 2.24) is 15.2 Å². The van der Waals surface area contributed by atoms with Crippen LogP contribution < -0.4 is 10.1 Å². The molecule has 2 heterocycles. The number of rotatable bonds is 4. The first kappa shape index (κ1) is 18.4. The fraction of sp³-hybridized carbons (Fsp3) is 0.583. The summed E-state index contributed by atoms with van der Waals surface area (Å²) in [7, 11) is 1.57. The van der Waals surface area contributed by atoms with E-state index in [0.717, 1.165) is 31.7 Å². The van der Waals surface area contributed by atoms with E-state index < -0.39 is 0 Å². The number of piperazine rings is 1. The molecule has 110 valence electrons. The summed E-state index contributed by atoms with van der Waals surface area (Å²) in [5.74, 6) is 0.562. The number of hydrogen-bond donors (Lipinski definition) is 1. The Labute approximate surface area is 125 Å². The monoisotopic (exact) mass is 311 g/mol. The molecule has 1 aliphatic rings. The molecule has 4 nitrogen and oxygen atoms in total. The molecule has 1 aromatic rings. The lowest BCUT2D eigenvalue weighted by Gasteiger charge is -2.33. The molecule has 0 spiro atoms. The number of nitrogens with one attached hydrogen (secondary N) is 1. The first-order valence-electron chi connectivity index (χ1n) is 5.86. The molecule has 1 aromatic heterocycles. The molecule has 0 unspecified atom stereocenters. The van der Waals surface area contributed by atoms with E-state index in [4.69, 9.17) is 4.74 Å². The van der Waals surface area contributed by atoms with Gasteiger partial charge in [-0.05, 0) is 5.56 Å². The van der Waals surface area contributed by atoms with Crippen LogP contribution in [0.1, 0.15) is 11.6 Å². The topological polar surface area (TPSA) is 37.4 Å². The van der Waals surface area contributed by atoms with Crippen LogP contribution in [0.4, 0.5) is 4.39 Å². The number of nitrogens with zero attached hydrogens (tertiary/aromatic N) is 2. The van der Waals surface area contributed by atoms with Gasteiger partial charge in [-0.2, -0.15) is 0 Å². The molecule has 1 fully saturated rings. The summed E-state index contributed by atoms with van der Waals surface area (Å²) < 4.78 is 18.2. The molecule has 0 bridgehead atoms. The van der Waals surface area contributed by atoms with Crippen LogP contribution in [0.15, 0.2) is 18.3 Å². The van der Waals surface area contributed by atoms with Gasteiger partial charge in [0.1, 0.15) is 6.67 Å². The highest BCUT2D eigenvalue weighted by Gasteiger charge is 2.22. The summed E-state index contributed by atoms with van der Waals surface area (Å²) in [4.78, 5) is 6.28. The predicted molar refractivity (Wildman–Crippen MR) is 78.4 cm³/mol. The van der Waals surface area contributed by atoms with E-state index in [0.29, 0.717) is 5.88 Å². The predicted octanol–water partition coefficient (Wildman–Crippen LogP) is 1.85. The summed E-state index contributed by atoms with van der Waals surface area (Å²) in [5, 5.41) is 3.26. The zero-order valence-electron chi connectivity index (χ0n) is 10.8. The van der Waals surface area contributed by atoms with Gasteiger partial charge in [0.25, 0.3) is 0 Å². The van der Waals surface area contributed by atoms with Crippen molar-refractivity contribution in [2.24, 2.45) is 0 Å². The Morgan fingerprint density at radius 2 is 2.05 bits per heavy atom. The van der Waals surface area contributed by atoms with Crippen molar-refractivity contribution in [2.75, 3.05) is 40.0 Å². The second kappa shape index (κ2) is 9.31. The number of methoxy groups -OCH3 is 1. The Bertz CT molecular complexity index is 347. The Balaban J connectivity index is 0.00000162. The first-order valence-corrected chi connectivity index (χ1v) is 5.86. The van der Waals surface area contributed by atoms with E-state index in [1.54, 1.807) is 19.4 Å². The molecule has 19 heavy (non-hydrogen) atoms. The van der Waals surface area contributed by atoms with Crippen molar-refractivity contribution in [3.05, 3.63) is 23.9 Å². The van der Waals surface area contributed by atoms with Gasteiger partial charge in [-0.25, -0.2) is 9.37 Å². The Morgan fingerprint density at radius 1 is 1.37 bits per heavy atom. The van der Waals surface area contributed by atoms with Crippen molar-refractivity contribution in [3.8, 4) is 5.88 Å². The minimum atomic E-state index is -0.381. The van der Waals surface area contributed by atoms with Gasteiger partial charge in [0, 0.05) is 38.4 Å².